The van der Waals surface area contributed by atoms with E-state index in [2.05, 4.69) is 10.3 Å². The fraction of sp³-hybridized carbons (Fsp3) is 0.778. The van der Waals surface area contributed by atoms with E-state index in [1.807, 2.05) is 25.9 Å². The van der Waals surface area contributed by atoms with Crippen LogP contribution in [-0.4, -0.2) is 43.2 Å². The van der Waals surface area contributed by atoms with Gasteiger partial charge in [-0.1, -0.05) is 37.0 Å². The smallest absolute Gasteiger partial charge is 0.263 e. The first-order valence-corrected chi connectivity index (χ1v) is 9.97. The second kappa shape index (κ2) is 7.83. The normalized spacial score (nSPS) is 25.0. The van der Waals surface area contributed by atoms with Crippen LogP contribution in [0.2, 0.25) is 0 Å². The van der Waals surface area contributed by atoms with Crippen molar-refractivity contribution in [2.24, 2.45) is 0 Å². The van der Waals surface area contributed by atoms with E-state index in [9.17, 15) is 4.79 Å². The minimum Gasteiger partial charge on any atom is -0.373 e. The summed E-state index contributed by atoms with van der Waals surface area (Å²) in [5.74, 6) is 0.00465. The van der Waals surface area contributed by atoms with Crippen LogP contribution in [0.15, 0.2) is 0 Å². The maximum Gasteiger partial charge on any atom is 0.263 e. The predicted molar refractivity (Wildman–Crippen MR) is 98.0 cm³/mol. The van der Waals surface area contributed by atoms with E-state index in [0.29, 0.717) is 6.10 Å². The number of carbonyl (C=O) groups is 1. The molecule has 24 heavy (non-hydrogen) atoms. The van der Waals surface area contributed by atoms with E-state index >= 15 is 0 Å². The van der Waals surface area contributed by atoms with Crippen molar-refractivity contribution in [1.82, 2.24) is 10.3 Å². The van der Waals surface area contributed by atoms with Gasteiger partial charge in [-0.3, -0.25) is 4.79 Å². The molecule has 1 aromatic rings. The van der Waals surface area contributed by atoms with Crippen molar-refractivity contribution in [3.63, 3.8) is 0 Å². The maximum absolute atomic E-state index is 12.7. The van der Waals surface area contributed by atoms with Crippen LogP contribution in [0.4, 0.5) is 5.13 Å². The molecule has 0 saturated heterocycles. The van der Waals surface area contributed by atoms with Crippen LogP contribution >= 0.6 is 11.3 Å². The lowest BCUT2D eigenvalue weighted by atomic mass is 9.92. The Labute approximate surface area is 148 Å². The first kappa shape index (κ1) is 17.7. The molecule has 2 aliphatic carbocycles. The van der Waals surface area contributed by atoms with Crippen LogP contribution in [0.3, 0.4) is 0 Å². The summed E-state index contributed by atoms with van der Waals surface area (Å²) in [6.07, 6.45) is 9.94. The topological polar surface area (TPSA) is 54.5 Å². The van der Waals surface area contributed by atoms with Crippen LogP contribution in [0.5, 0.6) is 0 Å². The van der Waals surface area contributed by atoms with Crippen LogP contribution in [0.25, 0.3) is 0 Å². The second-order valence-corrected chi connectivity index (χ2v) is 8.23. The first-order valence-electron chi connectivity index (χ1n) is 9.15. The van der Waals surface area contributed by atoms with Crippen LogP contribution < -0.4 is 10.2 Å². The van der Waals surface area contributed by atoms with Crippen molar-refractivity contribution in [1.29, 1.82) is 0 Å². The Bertz CT molecular complexity index is 567. The third-order valence-electron chi connectivity index (χ3n) is 5.06. The van der Waals surface area contributed by atoms with E-state index < -0.39 is 0 Å². The molecule has 0 aromatic carbocycles. The Hall–Kier alpha value is -1.14. The Kier molecular flexibility index (Phi) is 5.76. The van der Waals surface area contributed by atoms with Crippen molar-refractivity contribution in [2.45, 2.75) is 76.5 Å². The molecule has 6 heteroatoms. The molecule has 1 amide bonds. The van der Waals surface area contributed by atoms with E-state index in [1.54, 1.807) is 0 Å². The zero-order valence-electron chi connectivity index (χ0n) is 15.0. The fourth-order valence-electron chi connectivity index (χ4n) is 3.71. The Balaban J connectivity index is 1.64. The minimum atomic E-state index is 0.00465. The van der Waals surface area contributed by atoms with Gasteiger partial charge in [0.15, 0.2) is 5.13 Å². The van der Waals surface area contributed by atoms with Crippen molar-refractivity contribution in [2.75, 3.05) is 19.0 Å². The summed E-state index contributed by atoms with van der Waals surface area (Å²) in [6.45, 7) is 1.91. The average Bonchev–Trinajstić information content (AvgIpc) is 3.18. The lowest BCUT2D eigenvalue weighted by Crippen LogP contribution is -2.47. The van der Waals surface area contributed by atoms with Gasteiger partial charge in [-0.15, -0.1) is 0 Å². The van der Waals surface area contributed by atoms with Gasteiger partial charge in [0.25, 0.3) is 5.91 Å². The number of amides is 1. The lowest BCUT2D eigenvalue weighted by molar-refractivity contribution is -0.0419. The van der Waals surface area contributed by atoms with Crippen molar-refractivity contribution in [3.8, 4) is 0 Å². The molecule has 2 aliphatic rings. The Morgan fingerprint density at radius 3 is 2.50 bits per heavy atom. The number of nitrogens with one attached hydrogen (secondary N) is 1. The van der Waals surface area contributed by atoms with Gasteiger partial charge in [-0.2, -0.15) is 0 Å². The molecule has 0 unspecified atom stereocenters. The van der Waals surface area contributed by atoms with Crippen LogP contribution in [-0.2, 0) is 4.74 Å². The fourth-order valence-corrected chi connectivity index (χ4v) is 4.61. The van der Waals surface area contributed by atoms with E-state index in [-0.39, 0.29) is 18.1 Å². The van der Waals surface area contributed by atoms with Crippen molar-refractivity contribution >= 4 is 22.4 Å². The molecular formula is C18H29N3O2S. The van der Waals surface area contributed by atoms with E-state index in [0.717, 1.165) is 28.5 Å². The number of carbonyl (C=O) groups excluding carboxylic acids is 1. The van der Waals surface area contributed by atoms with Gasteiger partial charge in [0.1, 0.15) is 4.88 Å². The zero-order valence-corrected chi connectivity index (χ0v) is 15.8. The SMILES string of the molecule is Cc1nc(N(C)C)sc1C(=O)N[C@H]1CCCC[C@H]1OC1CCCC1. The van der Waals surface area contributed by atoms with Gasteiger partial charge in [0.05, 0.1) is 23.9 Å². The molecule has 1 N–H and O–H groups in total. The van der Waals surface area contributed by atoms with E-state index in [4.69, 9.17) is 4.74 Å². The number of aryl methyl sites for hydroxylation is 1. The molecule has 2 atom stereocenters. The molecule has 1 aromatic heterocycles. The Morgan fingerprint density at radius 2 is 1.83 bits per heavy atom. The highest BCUT2D eigenvalue weighted by Crippen LogP contribution is 2.29. The molecule has 134 valence electrons. The van der Waals surface area contributed by atoms with Gasteiger partial charge in [0, 0.05) is 14.1 Å². The molecule has 0 bridgehead atoms. The molecule has 2 saturated carbocycles. The van der Waals surface area contributed by atoms with Crippen molar-refractivity contribution < 1.29 is 9.53 Å². The van der Waals surface area contributed by atoms with Gasteiger partial charge in [-0.25, -0.2) is 4.98 Å². The monoisotopic (exact) mass is 351 g/mol. The number of nitrogens with zero attached hydrogens (tertiary/aromatic N) is 2. The number of hydrogen-bond acceptors (Lipinski definition) is 5. The molecule has 1 heterocycles. The number of aromatic nitrogens is 1. The predicted octanol–water partition coefficient (Wildman–Crippen LogP) is 3.52. The molecule has 0 aliphatic heterocycles. The van der Waals surface area contributed by atoms with Gasteiger partial charge < -0.3 is 15.0 Å². The number of rotatable bonds is 5. The van der Waals surface area contributed by atoms with E-state index in [1.165, 1.54) is 49.9 Å². The Morgan fingerprint density at radius 1 is 1.17 bits per heavy atom. The van der Waals surface area contributed by atoms with Gasteiger partial charge in [0.2, 0.25) is 0 Å². The maximum atomic E-state index is 12.7. The largest absolute Gasteiger partial charge is 0.373 e. The minimum absolute atomic E-state index is 0.00465. The summed E-state index contributed by atoms with van der Waals surface area (Å²) < 4.78 is 6.34. The molecule has 0 spiro atoms. The van der Waals surface area contributed by atoms with Crippen molar-refractivity contribution in [3.05, 3.63) is 10.6 Å². The van der Waals surface area contributed by atoms with Gasteiger partial charge in [-0.05, 0) is 32.6 Å². The molecule has 2 fully saturated rings. The highest BCUT2D eigenvalue weighted by molar-refractivity contribution is 7.17. The summed E-state index contributed by atoms with van der Waals surface area (Å²) in [5, 5.41) is 4.12. The number of ether oxygens (including phenoxy) is 1. The third kappa shape index (κ3) is 4.09. The first-order chi connectivity index (χ1) is 11.5. The highest BCUT2D eigenvalue weighted by Gasteiger charge is 2.31. The molecule has 0 radical (unpaired) electrons. The summed E-state index contributed by atoms with van der Waals surface area (Å²) in [5.41, 5.74) is 0.810. The van der Waals surface area contributed by atoms with Gasteiger partial charge >= 0.3 is 0 Å². The molecule has 3 rings (SSSR count). The highest BCUT2D eigenvalue weighted by atomic mass is 32.1. The number of thiazole rings is 1. The summed E-state index contributed by atoms with van der Waals surface area (Å²) in [7, 11) is 3.90. The third-order valence-corrected chi connectivity index (χ3v) is 6.39. The molecular weight excluding hydrogens is 322 g/mol. The number of anilines is 1. The average molecular weight is 352 g/mol. The summed E-state index contributed by atoms with van der Waals surface area (Å²) >= 11 is 1.46. The zero-order chi connectivity index (χ0) is 17.1. The quantitative estimate of drug-likeness (QED) is 0.882. The second-order valence-electron chi connectivity index (χ2n) is 7.25. The standard InChI is InChI=1S/C18H29N3O2S/c1-12-16(24-18(19-12)21(2)3)17(22)20-14-10-6-7-11-15(14)23-13-8-4-5-9-13/h13-15H,4-11H2,1-3H3,(H,20,22)/t14-,15+/m0/s1. The number of hydrogen-bond donors (Lipinski definition) is 1. The lowest BCUT2D eigenvalue weighted by Gasteiger charge is -2.34. The summed E-state index contributed by atoms with van der Waals surface area (Å²) in [4.78, 5) is 19.9. The van der Waals surface area contributed by atoms with Crippen LogP contribution in [0, 0.1) is 6.92 Å². The van der Waals surface area contributed by atoms with Crippen LogP contribution in [0.1, 0.15) is 66.7 Å². The summed E-state index contributed by atoms with van der Waals surface area (Å²) in [6, 6.07) is 0.135. The molecule has 5 nitrogen and oxygen atoms in total.